The molecule has 8 fully saturated rings. The van der Waals surface area contributed by atoms with Gasteiger partial charge in [0.2, 0.25) is 0 Å². The summed E-state index contributed by atoms with van der Waals surface area (Å²) < 4.78 is 0. The normalized spacial score (nSPS) is 37.0. The van der Waals surface area contributed by atoms with Crippen LogP contribution in [0.4, 0.5) is 0 Å². The average molecular weight is 1030 g/mol. The number of carboxylic acids is 1. The van der Waals surface area contributed by atoms with Crippen LogP contribution in [0.3, 0.4) is 0 Å². The van der Waals surface area contributed by atoms with Gasteiger partial charge in [0.15, 0.2) is 7.05 Å². The van der Waals surface area contributed by atoms with Gasteiger partial charge in [0, 0.05) is 11.2 Å². The van der Waals surface area contributed by atoms with Crippen LogP contribution in [-0.2, 0) is 62.5 Å². The first kappa shape index (κ1) is 48.7. The van der Waals surface area contributed by atoms with Crippen LogP contribution in [0.15, 0.2) is 60.7 Å². The summed E-state index contributed by atoms with van der Waals surface area (Å²) >= 11 is 0. The van der Waals surface area contributed by atoms with E-state index < -0.39 is 18.4 Å². The van der Waals surface area contributed by atoms with Gasteiger partial charge in [0.1, 0.15) is 0 Å². The molecule has 0 radical (unpaired) electrons. The van der Waals surface area contributed by atoms with E-state index in [1.807, 2.05) is 0 Å². The van der Waals surface area contributed by atoms with Crippen molar-refractivity contribution >= 4 is 18.8 Å². The van der Waals surface area contributed by atoms with Gasteiger partial charge in [0.25, 0.3) is 0 Å². The predicted molar refractivity (Wildman–Crippen MR) is 200 cm³/mol. The molecule has 8 atom stereocenters. The van der Waals surface area contributed by atoms with Crippen molar-refractivity contribution in [1.29, 1.82) is 0 Å². The second-order valence-electron chi connectivity index (χ2n) is 16.9. The van der Waals surface area contributed by atoms with Gasteiger partial charge < -0.3 is 39.8 Å². The number of aliphatic carboxylic acids is 1. The average Bonchev–Trinajstić information content (AvgIpc) is 2.91. The molecule has 276 valence electrons. The first-order valence-electron chi connectivity index (χ1n) is 16.7. The number of nitrogens with two attached hydrogens (primary N) is 2. The van der Waals surface area contributed by atoms with Gasteiger partial charge >= 0.3 is 48.1 Å². The van der Waals surface area contributed by atoms with Crippen LogP contribution in [-0.4, -0.2) is 28.9 Å². The van der Waals surface area contributed by atoms with Crippen LogP contribution in [0.2, 0.25) is 6.82 Å². The third-order valence-electron chi connectivity index (χ3n) is 12.5. The summed E-state index contributed by atoms with van der Waals surface area (Å²) in [5.74, 6) is 0.982. The van der Waals surface area contributed by atoms with E-state index in [0.717, 1.165) is 44.4 Å². The molecule has 0 heterocycles. The van der Waals surface area contributed by atoms with Crippen molar-refractivity contribution in [2.45, 2.75) is 123 Å². The molecule has 8 bridgehead atoms. The number of carbonyl (C=O) groups is 2. The van der Waals surface area contributed by atoms with Crippen LogP contribution in [0.1, 0.15) is 117 Å². The molecule has 10 heteroatoms. The molecule has 0 aromatic heterocycles. The quantitative estimate of drug-likeness (QED) is 0.230. The van der Waals surface area contributed by atoms with Crippen LogP contribution < -0.4 is 0 Å². The molecule has 2 aromatic carbocycles. The van der Waals surface area contributed by atoms with Gasteiger partial charge in [-0.15, -0.1) is 0 Å². The van der Waals surface area contributed by atoms with E-state index in [1.165, 1.54) is 56.5 Å². The molecule has 2 aromatic rings. The van der Waals surface area contributed by atoms with E-state index in [9.17, 15) is 14.7 Å². The number of nitrogens with one attached hydrogen (secondary N) is 1. The second-order valence-corrected chi connectivity index (χ2v) is 16.9. The monoisotopic (exact) mass is 1030 g/mol. The standard InChI is InChI=1S/C19H23O.C18H22O2.CH5BNO.2CH4.2H2N.2W/c1-14(20)18-9-15-8-17(2,11-18)12-19(10-15,13-18)16-6-4-3-5-7-16;1-16-7-13-8-17(10-16,14-5-3-2-4-6-14)12-18(9-13,11-16)15(19)20;1-2(3)4;;;;;;/h3-7,15H,1,8-13H2,2H3;2-6,13H,7-12H2,1H3,(H,19,20);3-4H,1H3;2*1H4;2*1H2;;/q-1;;-1;;;2*-1;2*+2. The molecule has 8 aliphatic carbocycles. The van der Waals surface area contributed by atoms with Crippen LogP contribution in [0.25, 0.3) is 17.9 Å². The van der Waals surface area contributed by atoms with E-state index in [4.69, 9.17) is 10.7 Å². The van der Waals surface area contributed by atoms with E-state index in [2.05, 4.69) is 81.4 Å². The molecule has 8 unspecified atom stereocenters. The molecule has 0 saturated heterocycles. The Morgan fingerprint density at radius 2 is 1.02 bits per heavy atom. The van der Waals surface area contributed by atoms with Crippen molar-refractivity contribution < 1.29 is 61.9 Å². The fourth-order valence-electron chi connectivity index (χ4n) is 12.6. The van der Waals surface area contributed by atoms with Gasteiger partial charge in [-0.2, -0.15) is 0 Å². The van der Waals surface area contributed by atoms with Gasteiger partial charge in [-0.3, -0.25) is 4.79 Å². The van der Waals surface area contributed by atoms with E-state index in [1.54, 1.807) is 0 Å². The van der Waals surface area contributed by atoms with Crippen molar-refractivity contribution in [3.05, 3.63) is 96.7 Å². The Morgan fingerprint density at radius 1 is 0.680 bits per heavy atom. The van der Waals surface area contributed by atoms with Crippen molar-refractivity contribution in [2.24, 2.45) is 33.5 Å². The summed E-state index contributed by atoms with van der Waals surface area (Å²) in [7, 11) is -0.917. The van der Waals surface area contributed by atoms with E-state index in [-0.39, 0.29) is 96.7 Å². The number of carboxylic acid groups (broad SMARTS) is 1. The molecule has 0 amide bonds. The molecule has 0 spiro atoms. The van der Waals surface area contributed by atoms with Crippen molar-refractivity contribution in [3.63, 3.8) is 0 Å². The summed E-state index contributed by atoms with van der Waals surface area (Å²) in [5.41, 5.74) is 9.34. The molecular formula is C40H62BN3O4W2. The van der Waals surface area contributed by atoms with Gasteiger partial charge in [0.05, 0.1) is 5.41 Å². The third kappa shape index (κ3) is 8.91. The van der Waals surface area contributed by atoms with Crippen molar-refractivity contribution in [2.75, 3.05) is 0 Å². The smallest absolute Gasteiger partial charge is 0.693 e. The number of rotatable bonds is 4. The molecule has 10 rings (SSSR count). The molecule has 0 aliphatic heterocycles. The Bertz CT molecular complexity index is 1320. The number of benzene rings is 2. The van der Waals surface area contributed by atoms with Gasteiger partial charge in [-0.05, 0) is 122 Å². The Balaban J connectivity index is 0.000000783. The first-order chi connectivity index (χ1) is 20.6. The molecule has 8 aliphatic rings. The Hall–Kier alpha value is -1.27. The zero-order chi connectivity index (χ0) is 31.6. The van der Waals surface area contributed by atoms with Crippen LogP contribution >= 0.6 is 0 Å². The minimum atomic E-state index is -0.917. The maximum atomic E-state index is 12.3. The van der Waals surface area contributed by atoms with E-state index in [0.29, 0.717) is 11.3 Å². The van der Waals surface area contributed by atoms with Gasteiger partial charge in [-0.1, -0.05) is 96.2 Å². The molecular weight excluding hydrogens is 965 g/mol. The number of ketones is 1. The fraction of sp³-hybridized carbons (Fsp3) is 0.625. The zero-order valence-corrected chi connectivity index (χ0v) is 34.7. The van der Waals surface area contributed by atoms with Crippen molar-refractivity contribution in [1.82, 2.24) is 0 Å². The molecule has 7 N–H and O–H groups in total. The molecule has 8 saturated carbocycles. The molecule has 50 heavy (non-hydrogen) atoms. The maximum Gasteiger partial charge on any atom is 2.00 e. The molecule has 7 nitrogen and oxygen atoms in total. The summed E-state index contributed by atoms with van der Waals surface area (Å²) in [4.78, 5) is 24.3. The largest absolute Gasteiger partial charge is 2.00 e. The van der Waals surface area contributed by atoms with Crippen LogP contribution in [0, 0.1) is 40.4 Å². The third-order valence-corrected chi connectivity index (χ3v) is 12.5. The summed E-state index contributed by atoms with van der Waals surface area (Å²) in [5, 5.41) is 17.6. The fourth-order valence-corrected chi connectivity index (χ4v) is 12.6. The number of hydrogen-bond donors (Lipinski definition) is 2. The van der Waals surface area contributed by atoms with Crippen LogP contribution in [0.5, 0.6) is 0 Å². The minimum absolute atomic E-state index is 0. The minimum Gasteiger partial charge on any atom is -0.693 e. The number of Topliss-reactive ketones (excluding diaryl/α,β-unsaturated/α-hetero) is 1. The Kier molecular flexibility index (Phi) is 16.8. The summed E-state index contributed by atoms with van der Waals surface area (Å²) in [6, 6.07) is 21.6. The van der Waals surface area contributed by atoms with E-state index >= 15 is 0 Å². The van der Waals surface area contributed by atoms with Gasteiger partial charge in [-0.25, -0.2) is 0 Å². The Morgan fingerprint density at radius 3 is 1.36 bits per heavy atom. The second kappa shape index (κ2) is 17.3. The Labute approximate surface area is 332 Å². The number of carbonyl (C=O) groups excluding carboxylic acids is 1. The SMILES string of the molecule is C.C.CB([NH-])O.CC12CC3CC(C(=O)O)(C1)CC(c1ccccc1)(C3)C2.[CH2-]C(=O)C12CC3CC(C)(C1)CC(c1ccccc1)(C3)C2.[NH2-].[NH2-].[W+2].[W+2]. The van der Waals surface area contributed by atoms with Crippen molar-refractivity contribution in [3.8, 4) is 0 Å². The summed E-state index contributed by atoms with van der Waals surface area (Å²) in [6.45, 7) is 9.97. The topological polar surface area (TPSA) is 165 Å². The number of hydrogen-bond acceptors (Lipinski definition) is 3. The zero-order valence-electron chi connectivity index (χ0n) is 28.9. The predicted octanol–water partition coefficient (Wildman–Crippen LogP) is 11.2. The maximum absolute atomic E-state index is 12.3. The first-order valence-corrected chi connectivity index (χ1v) is 16.7. The summed E-state index contributed by atoms with van der Waals surface area (Å²) in [6.07, 6.45) is 13.3.